The maximum Gasteiger partial charge on any atom is 0.460 e. The average Bonchev–Trinajstić information content (AvgIpc) is 3.07. The summed E-state index contributed by atoms with van der Waals surface area (Å²) in [7, 11) is -5.10. The van der Waals surface area contributed by atoms with Crippen LogP contribution >= 0.6 is 0 Å². The van der Waals surface area contributed by atoms with E-state index >= 15 is 17.6 Å². The van der Waals surface area contributed by atoms with E-state index in [1.54, 1.807) is 13.0 Å². The topological polar surface area (TPSA) is 31.4 Å². The van der Waals surface area contributed by atoms with Gasteiger partial charge < -0.3 is 9.16 Å². The molecule has 3 nitrogen and oxygen atoms in total. The Morgan fingerprint density at radius 1 is 0.638 bits per heavy atom. The van der Waals surface area contributed by atoms with Crippen LogP contribution in [0, 0.1) is 12.8 Å². The average molecular weight is 918 g/mol. The molecule has 1 aromatic rings. The summed E-state index contributed by atoms with van der Waals surface area (Å²) in [5.74, 6) is -67.0. The first-order chi connectivity index (χ1) is 25.6. The minimum absolute atomic E-state index is 0.164. The number of pyridine rings is 1. The van der Waals surface area contributed by atoms with Crippen molar-refractivity contribution >= 4 is 21.7 Å². The number of methoxy groups -OCH3 is 1. The van der Waals surface area contributed by atoms with Crippen molar-refractivity contribution in [3.63, 3.8) is 0 Å². The van der Waals surface area contributed by atoms with Crippen LogP contribution in [-0.4, -0.2) is 82.0 Å². The van der Waals surface area contributed by atoms with E-state index < -0.39 is 99.6 Å². The van der Waals surface area contributed by atoms with Gasteiger partial charge in [0, 0.05) is 17.3 Å². The summed E-state index contributed by atoms with van der Waals surface area (Å²) >= 11 is 0. The number of rotatable bonds is 18. The Morgan fingerprint density at radius 2 is 1.03 bits per heavy atom. The van der Waals surface area contributed by atoms with E-state index in [1.807, 2.05) is 19.6 Å². The lowest BCUT2D eigenvalue weighted by Gasteiger charge is -2.46. The first kappa shape index (κ1) is 52.2. The lowest BCUT2D eigenvalue weighted by molar-refractivity contribution is -0.468. The zero-order chi connectivity index (χ0) is 45.9. The molecular formula is C34H46F19NO2Si2. The van der Waals surface area contributed by atoms with Crippen molar-refractivity contribution in [1.29, 1.82) is 0 Å². The van der Waals surface area contributed by atoms with Gasteiger partial charge in [0.2, 0.25) is 5.88 Å². The van der Waals surface area contributed by atoms with E-state index in [9.17, 15) is 65.9 Å². The van der Waals surface area contributed by atoms with E-state index in [1.165, 1.54) is 34.8 Å². The highest BCUT2D eigenvalue weighted by Crippen LogP contribution is 2.66. The molecule has 0 radical (unpaired) electrons. The van der Waals surface area contributed by atoms with Gasteiger partial charge in [-0.3, -0.25) is 0 Å². The molecule has 1 saturated carbocycles. The molecule has 1 atom stereocenters. The molecule has 1 heterocycles. The summed E-state index contributed by atoms with van der Waals surface area (Å²) in [6.07, 6.45) is -8.39. The van der Waals surface area contributed by atoms with Gasteiger partial charge in [-0.1, -0.05) is 66.6 Å². The normalized spacial score (nSPS) is 17.7. The molecule has 0 N–H and O–H groups in total. The van der Waals surface area contributed by atoms with Gasteiger partial charge in [0.1, 0.15) is 8.07 Å². The third-order valence-corrected chi connectivity index (χ3v) is 18.4. The van der Waals surface area contributed by atoms with Crippen molar-refractivity contribution in [2.24, 2.45) is 5.92 Å². The van der Waals surface area contributed by atoms with E-state index in [4.69, 9.17) is 9.16 Å². The van der Waals surface area contributed by atoms with Crippen molar-refractivity contribution in [3.05, 3.63) is 17.2 Å². The summed E-state index contributed by atoms with van der Waals surface area (Å²) < 4.78 is 280. The molecular weight excluding hydrogens is 872 g/mol. The molecule has 0 aromatic carbocycles. The minimum atomic E-state index is -8.95. The standard InChI is InChI=1S/C34H46F19NO2Si2/c1-18(2)58(19(3)4,56-24(21-13-11-10-12-14-21)22-17-23(57(7,8)9)54-25(55-6)20(22)5)16-15-26(35,36)27(37,38)28(39,40)29(41,42)30(43,44)31(45,46)32(47,48)33(49,50)34(51,52)53/h17-19,21,24H,10-16H2,1-9H3. The fourth-order valence-corrected chi connectivity index (χ4v) is 12.7. The molecule has 340 valence electrons. The Morgan fingerprint density at radius 3 is 1.40 bits per heavy atom. The largest absolute Gasteiger partial charge is 0.481 e. The third kappa shape index (κ3) is 8.45. The Kier molecular flexibility index (Phi) is 14.7. The molecule has 0 saturated heterocycles. The maximum atomic E-state index is 15.4. The van der Waals surface area contributed by atoms with Crippen LogP contribution in [0.2, 0.25) is 36.8 Å². The number of ether oxygens (including phenoxy) is 1. The Balaban J connectivity index is 2.75. The smallest absolute Gasteiger partial charge is 0.460 e. The van der Waals surface area contributed by atoms with Crippen molar-refractivity contribution in [1.82, 2.24) is 4.98 Å². The fourth-order valence-electron chi connectivity index (χ4n) is 7.05. The monoisotopic (exact) mass is 917 g/mol. The lowest BCUT2D eigenvalue weighted by atomic mass is 9.82. The summed E-state index contributed by atoms with van der Waals surface area (Å²) in [5.41, 5.74) is -0.865. The molecule has 24 heteroatoms. The van der Waals surface area contributed by atoms with Crippen molar-refractivity contribution < 1.29 is 92.6 Å². The highest BCUT2D eigenvalue weighted by Gasteiger charge is 2.96. The lowest BCUT2D eigenvalue weighted by Crippen LogP contribution is -2.75. The van der Waals surface area contributed by atoms with Gasteiger partial charge in [-0.15, -0.1) is 0 Å². The van der Waals surface area contributed by atoms with Gasteiger partial charge in [0.15, 0.2) is 8.32 Å². The number of nitrogens with zero attached hydrogens (tertiary/aromatic N) is 1. The third-order valence-electron chi connectivity index (χ3n) is 10.9. The summed E-state index contributed by atoms with van der Waals surface area (Å²) in [6.45, 7) is 13.0. The Bertz CT molecular complexity index is 1560. The van der Waals surface area contributed by atoms with Crippen LogP contribution in [-0.2, 0) is 4.43 Å². The number of aromatic nitrogens is 1. The number of hydrogen-bond acceptors (Lipinski definition) is 3. The van der Waals surface area contributed by atoms with Gasteiger partial charge in [-0.2, -0.15) is 83.4 Å². The molecule has 0 amide bonds. The minimum Gasteiger partial charge on any atom is -0.481 e. The van der Waals surface area contributed by atoms with Gasteiger partial charge in [-0.25, -0.2) is 4.98 Å². The maximum absolute atomic E-state index is 15.4. The number of halogens is 19. The first-order valence-corrected chi connectivity index (χ1v) is 23.7. The zero-order valence-electron chi connectivity index (χ0n) is 32.8. The predicted octanol–water partition coefficient (Wildman–Crippen LogP) is 13.4. The predicted molar refractivity (Wildman–Crippen MR) is 180 cm³/mol. The van der Waals surface area contributed by atoms with Crippen LogP contribution in [0.4, 0.5) is 83.4 Å². The van der Waals surface area contributed by atoms with Crippen LogP contribution in [0.15, 0.2) is 6.07 Å². The van der Waals surface area contributed by atoms with E-state index in [0.717, 1.165) is 6.42 Å². The van der Waals surface area contributed by atoms with Gasteiger partial charge >= 0.3 is 53.6 Å². The summed E-state index contributed by atoms with van der Waals surface area (Å²) in [6, 6.07) is 0.402. The molecule has 1 aliphatic rings. The van der Waals surface area contributed by atoms with Gasteiger partial charge in [-0.05, 0) is 54.4 Å². The number of hydrogen-bond donors (Lipinski definition) is 0. The van der Waals surface area contributed by atoms with Crippen molar-refractivity contribution in [2.75, 3.05) is 7.11 Å². The molecule has 1 aromatic heterocycles. The second-order valence-corrected chi connectivity index (χ2v) is 26.4. The highest BCUT2D eigenvalue weighted by atomic mass is 28.4. The second-order valence-electron chi connectivity index (χ2n) is 16.4. The molecule has 1 unspecified atom stereocenters. The number of alkyl halides is 19. The van der Waals surface area contributed by atoms with Crippen LogP contribution in [0.25, 0.3) is 0 Å². The molecule has 58 heavy (non-hydrogen) atoms. The van der Waals surface area contributed by atoms with Crippen LogP contribution < -0.4 is 10.1 Å². The quantitative estimate of drug-likeness (QED) is 0.109. The Labute approximate surface area is 324 Å². The van der Waals surface area contributed by atoms with Crippen LogP contribution in [0.1, 0.15) is 83.5 Å². The molecule has 1 aliphatic carbocycles. The summed E-state index contributed by atoms with van der Waals surface area (Å²) in [5, 5.41) is 0.604. The van der Waals surface area contributed by atoms with E-state index in [-0.39, 0.29) is 11.8 Å². The molecule has 0 bridgehead atoms. The van der Waals surface area contributed by atoms with Crippen LogP contribution in [0.5, 0.6) is 5.88 Å². The molecule has 2 rings (SSSR count). The summed E-state index contributed by atoms with van der Waals surface area (Å²) in [4.78, 5) is 4.58. The van der Waals surface area contributed by atoms with Crippen LogP contribution in [0.3, 0.4) is 0 Å². The van der Waals surface area contributed by atoms with E-state index in [0.29, 0.717) is 42.1 Å². The zero-order valence-corrected chi connectivity index (χ0v) is 34.8. The van der Waals surface area contributed by atoms with Gasteiger partial charge in [0.25, 0.3) is 0 Å². The Hall–Kier alpha value is -1.99. The first-order valence-electron chi connectivity index (χ1n) is 17.9. The molecule has 0 aliphatic heterocycles. The molecule has 0 spiro atoms. The van der Waals surface area contributed by atoms with Crippen molar-refractivity contribution in [2.45, 2.75) is 170 Å². The van der Waals surface area contributed by atoms with E-state index in [2.05, 4.69) is 4.98 Å². The molecule has 1 fully saturated rings. The fraction of sp³-hybridized carbons (Fsp3) is 0.853. The van der Waals surface area contributed by atoms with Crippen molar-refractivity contribution in [3.8, 4) is 5.88 Å². The van der Waals surface area contributed by atoms with Gasteiger partial charge in [0.05, 0.1) is 13.2 Å². The highest BCUT2D eigenvalue weighted by molar-refractivity contribution is 6.88. The SMILES string of the molecule is COc1nc([Si](C)(C)C)cc(C(O[Si](CCC(F)(F)C(F)(F)C(F)(F)C(F)(F)C(F)(F)C(F)(F)C(F)(F)C(F)(F)C(F)(F)F)(C(C)C)C(C)C)C2CCCCC2)c1C. The second kappa shape index (κ2) is 16.4.